The van der Waals surface area contributed by atoms with Crippen LogP contribution in [-0.4, -0.2) is 19.7 Å². The van der Waals surface area contributed by atoms with E-state index in [0.29, 0.717) is 0 Å². The maximum absolute atomic E-state index is 5.95. The molecule has 15 heavy (non-hydrogen) atoms. The third-order valence-electron chi connectivity index (χ3n) is 2.74. The van der Waals surface area contributed by atoms with Crippen molar-refractivity contribution >= 4 is 0 Å². The first kappa shape index (κ1) is 12.1. The Kier molecular flexibility index (Phi) is 4.63. The molecule has 0 amide bonds. The monoisotopic (exact) mass is 207 g/mol. The molecule has 1 N–H and O–H groups in total. The number of likely N-dealkylation sites (N-methyl/N-ethyl adjacent to an activating group) is 1. The first-order valence-corrected chi connectivity index (χ1v) is 5.56. The van der Waals surface area contributed by atoms with Crippen LogP contribution in [0.4, 0.5) is 0 Å². The number of aryl methyl sites for hydroxylation is 1. The number of ether oxygens (including phenoxy) is 1. The lowest BCUT2D eigenvalue weighted by Gasteiger charge is -2.19. The highest BCUT2D eigenvalue weighted by molar-refractivity contribution is 5.38. The molecule has 1 atom stereocenters. The van der Waals surface area contributed by atoms with E-state index in [1.807, 2.05) is 19.2 Å². The van der Waals surface area contributed by atoms with Gasteiger partial charge in [0.1, 0.15) is 11.9 Å². The minimum Gasteiger partial charge on any atom is -0.489 e. The van der Waals surface area contributed by atoms with Crippen molar-refractivity contribution in [3.8, 4) is 5.75 Å². The summed E-state index contributed by atoms with van der Waals surface area (Å²) in [6.07, 6.45) is 1.28. The maximum atomic E-state index is 5.95. The lowest BCUT2D eigenvalue weighted by molar-refractivity contribution is 0.195. The zero-order chi connectivity index (χ0) is 11.3. The summed E-state index contributed by atoms with van der Waals surface area (Å²) in [6, 6.07) is 6.20. The molecule has 0 aromatic heterocycles. The van der Waals surface area contributed by atoms with Crippen LogP contribution in [0, 0.1) is 13.8 Å². The van der Waals surface area contributed by atoms with Crippen molar-refractivity contribution in [2.75, 3.05) is 13.6 Å². The summed E-state index contributed by atoms with van der Waals surface area (Å²) in [5.41, 5.74) is 2.53. The van der Waals surface area contributed by atoms with Gasteiger partial charge in [-0.1, -0.05) is 19.1 Å². The highest BCUT2D eigenvalue weighted by Crippen LogP contribution is 2.22. The Balaban J connectivity index is 2.74. The van der Waals surface area contributed by atoms with Crippen LogP contribution >= 0.6 is 0 Å². The van der Waals surface area contributed by atoms with E-state index >= 15 is 0 Å². The van der Waals surface area contributed by atoms with Crippen molar-refractivity contribution in [1.29, 1.82) is 0 Å². The quantitative estimate of drug-likeness (QED) is 0.801. The van der Waals surface area contributed by atoms with Crippen LogP contribution < -0.4 is 10.1 Å². The van der Waals surface area contributed by atoms with Gasteiger partial charge in [0.2, 0.25) is 0 Å². The Bertz CT molecular complexity index is 309. The van der Waals surface area contributed by atoms with E-state index in [1.165, 1.54) is 11.1 Å². The second-order valence-electron chi connectivity index (χ2n) is 3.90. The molecule has 0 aliphatic carbocycles. The summed E-state index contributed by atoms with van der Waals surface area (Å²) in [4.78, 5) is 0. The summed E-state index contributed by atoms with van der Waals surface area (Å²) in [6.45, 7) is 7.26. The van der Waals surface area contributed by atoms with Gasteiger partial charge in [-0.2, -0.15) is 0 Å². The fourth-order valence-corrected chi connectivity index (χ4v) is 1.53. The Morgan fingerprint density at radius 1 is 1.33 bits per heavy atom. The van der Waals surface area contributed by atoms with Crippen LogP contribution in [0.2, 0.25) is 0 Å². The van der Waals surface area contributed by atoms with Crippen LogP contribution in [0.25, 0.3) is 0 Å². The lowest BCUT2D eigenvalue weighted by Crippen LogP contribution is -2.28. The molecule has 1 unspecified atom stereocenters. The first-order valence-electron chi connectivity index (χ1n) is 5.56. The van der Waals surface area contributed by atoms with Crippen molar-refractivity contribution in [3.05, 3.63) is 29.3 Å². The first-order chi connectivity index (χ1) is 7.19. The maximum Gasteiger partial charge on any atom is 0.122 e. The van der Waals surface area contributed by atoms with Crippen molar-refractivity contribution in [3.63, 3.8) is 0 Å². The summed E-state index contributed by atoms with van der Waals surface area (Å²) in [5, 5.41) is 3.15. The third-order valence-corrected chi connectivity index (χ3v) is 2.74. The summed E-state index contributed by atoms with van der Waals surface area (Å²) in [5.74, 6) is 1.01. The second-order valence-corrected chi connectivity index (χ2v) is 3.90. The molecule has 1 rings (SSSR count). The van der Waals surface area contributed by atoms with Crippen LogP contribution in [0.1, 0.15) is 24.5 Å². The number of rotatable bonds is 5. The average molecular weight is 207 g/mol. The van der Waals surface area contributed by atoms with Gasteiger partial charge in [0.05, 0.1) is 0 Å². The van der Waals surface area contributed by atoms with Gasteiger partial charge in [-0.25, -0.2) is 0 Å². The van der Waals surface area contributed by atoms with Crippen LogP contribution in [-0.2, 0) is 0 Å². The normalized spacial score (nSPS) is 12.5. The van der Waals surface area contributed by atoms with E-state index in [2.05, 4.69) is 32.2 Å². The van der Waals surface area contributed by atoms with E-state index in [4.69, 9.17) is 4.74 Å². The smallest absolute Gasteiger partial charge is 0.122 e. The molecule has 0 radical (unpaired) electrons. The number of benzene rings is 1. The minimum absolute atomic E-state index is 0.260. The topological polar surface area (TPSA) is 21.3 Å². The molecule has 0 aliphatic rings. The van der Waals surface area contributed by atoms with Gasteiger partial charge in [0.15, 0.2) is 0 Å². The van der Waals surface area contributed by atoms with E-state index < -0.39 is 0 Å². The standard InChI is InChI=1S/C13H21NO/c1-5-12(9-14-4)15-13-8-6-7-10(2)11(13)3/h6-8,12,14H,5,9H2,1-4H3. The van der Waals surface area contributed by atoms with Gasteiger partial charge in [-0.05, 0) is 44.5 Å². The van der Waals surface area contributed by atoms with E-state index in [9.17, 15) is 0 Å². The summed E-state index contributed by atoms with van der Waals surface area (Å²) >= 11 is 0. The fourth-order valence-electron chi connectivity index (χ4n) is 1.53. The van der Waals surface area contributed by atoms with E-state index in [1.54, 1.807) is 0 Å². The molecule has 0 heterocycles. The Labute approximate surface area is 92.6 Å². The second kappa shape index (κ2) is 5.76. The van der Waals surface area contributed by atoms with Gasteiger partial charge in [0, 0.05) is 6.54 Å². The number of hydrogen-bond acceptors (Lipinski definition) is 2. The average Bonchev–Trinajstić information content (AvgIpc) is 2.24. The van der Waals surface area contributed by atoms with Gasteiger partial charge in [-0.15, -0.1) is 0 Å². The molecule has 0 aliphatic heterocycles. The van der Waals surface area contributed by atoms with E-state index in [0.717, 1.165) is 18.7 Å². The SMILES string of the molecule is CCC(CNC)Oc1cccc(C)c1C. The molecule has 1 aromatic carbocycles. The molecule has 2 heteroatoms. The summed E-state index contributed by atoms with van der Waals surface area (Å²) in [7, 11) is 1.95. The highest BCUT2D eigenvalue weighted by atomic mass is 16.5. The van der Waals surface area contributed by atoms with Gasteiger partial charge in [-0.3, -0.25) is 0 Å². The molecule has 1 aromatic rings. The molecular weight excluding hydrogens is 186 g/mol. The molecule has 0 bridgehead atoms. The molecule has 2 nitrogen and oxygen atoms in total. The van der Waals surface area contributed by atoms with Crippen LogP contribution in [0.15, 0.2) is 18.2 Å². The molecule has 0 spiro atoms. The van der Waals surface area contributed by atoms with Crippen LogP contribution in [0.5, 0.6) is 5.75 Å². The van der Waals surface area contributed by atoms with Crippen LogP contribution in [0.3, 0.4) is 0 Å². The fraction of sp³-hybridized carbons (Fsp3) is 0.538. The minimum atomic E-state index is 0.260. The molecular formula is C13H21NO. The van der Waals surface area contributed by atoms with Crippen molar-refractivity contribution in [2.45, 2.75) is 33.3 Å². The zero-order valence-corrected chi connectivity index (χ0v) is 10.1. The predicted molar refractivity (Wildman–Crippen MR) is 64.5 cm³/mol. The highest BCUT2D eigenvalue weighted by Gasteiger charge is 2.09. The molecule has 0 saturated heterocycles. The Hall–Kier alpha value is -1.02. The lowest BCUT2D eigenvalue weighted by atomic mass is 10.1. The summed E-state index contributed by atoms with van der Waals surface area (Å²) < 4.78 is 5.95. The largest absolute Gasteiger partial charge is 0.489 e. The zero-order valence-electron chi connectivity index (χ0n) is 10.1. The molecule has 84 valence electrons. The molecule has 0 saturated carbocycles. The van der Waals surface area contributed by atoms with Crippen molar-refractivity contribution in [1.82, 2.24) is 5.32 Å². The predicted octanol–water partition coefficient (Wildman–Crippen LogP) is 2.68. The van der Waals surface area contributed by atoms with Gasteiger partial charge < -0.3 is 10.1 Å². The van der Waals surface area contributed by atoms with Gasteiger partial charge in [0.25, 0.3) is 0 Å². The third kappa shape index (κ3) is 3.24. The van der Waals surface area contributed by atoms with E-state index in [-0.39, 0.29) is 6.10 Å². The molecule has 0 fully saturated rings. The van der Waals surface area contributed by atoms with Gasteiger partial charge >= 0.3 is 0 Å². The number of hydrogen-bond donors (Lipinski definition) is 1. The van der Waals surface area contributed by atoms with Crippen molar-refractivity contribution in [2.24, 2.45) is 0 Å². The Morgan fingerprint density at radius 3 is 2.67 bits per heavy atom. The number of nitrogens with one attached hydrogen (secondary N) is 1. The Morgan fingerprint density at radius 2 is 2.07 bits per heavy atom. The van der Waals surface area contributed by atoms with Crippen molar-refractivity contribution < 1.29 is 4.74 Å².